The highest BCUT2D eigenvalue weighted by molar-refractivity contribution is 5.73. The van der Waals surface area contributed by atoms with Crippen LogP contribution in [-0.4, -0.2) is 34.2 Å². The van der Waals surface area contributed by atoms with Gasteiger partial charge >= 0.3 is 12.3 Å². The molecule has 0 bridgehead atoms. The maximum atomic E-state index is 13.2. The summed E-state index contributed by atoms with van der Waals surface area (Å²) in [5, 5.41) is 9.00. The molecule has 0 saturated heterocycles. The Balaban J connectivity index is 1.92. The van der Waals surface area contributed by atoms with Gasteiger partial charge in [0.2, 0.25) is 5.88 Å². The van der Waals surface area contributed by atoms with Gasteiger partial charge in [0.15, 0.2) is 0 Å². The van der Waals surface area contributed by atoms with Crippen LogP contribution in [0, 0.1) is 0 Å². The molecule has 1 N–H and O–H groups in total. The molecule has 1 amide bonds. The van der Waals surface area contributed by atoms with Crippen molar-refractivity contribution < 1.29 is 27.8 Å². The molecule has 2 aromatic rings. The summed E-state index contributed by atoms with van der Waals surface area (Å²) in [5.74, 6) is -0.275. The minimum atomic E-state index is -4.54. The number of alkyl halides is 3. The molecule has 1 aromatic carbocycles. The molecule has 3 rings (SSSR count). The van der Waals surface area contributed by atoms with Crippen LogP contribution >= 0.6 is 0 Å². The van der Waals surface area contributed by atoms with Crippen molar-refractivity contribution in [1.29, 1.82) is 0 Å². The van der Waals surface area contributed by atoms with E-state index in [9.17, 15) is 18.0 Å². The summed E-state index contributed by atoms with van der Waals surface area (Å²) < 4.78 is 44.9. The predicted octanol–water partition coefficient (Wildman–Crippen LogP) is 4.66. The number of carboxylic acid groups (broad SMARTS) is 1. The monoisotopic (exact) mass is 364 g/mol. The Labute approximate surface area is 147 Å². The Morgan fingerprint density at radius 2 is 1.96 bits per heavy atom. The van der Waals surface area contributed by atoms with Crippen LogP contribution in [0.25, 0.3) is 5.57 Å². The minimum absolute atomic E-state index is 0.0548. The second-order valence-electron chi connectivity index (χ2n) is 5.66. The van der Waals surface area contributed by atoms with E-state index >= 15 is 0 Å². The molecule has 0 atom stereocenters. The Bertz CT molecular complexity index is 850. The molecule has 1 aromatic heterocycles. The fraction of sp³-hybridized carbons (Fsp3) is 0.222. The lowest BCUT2D eigenvalue weighted by molar-refractivity contribution is -0.138. The van der Waals surface area contributed by atoms with Crippen molar-refractivity contribution in [3.8, 4) is 11.6 Å². The fourth-order valence-corrected chi connectivity index (χ4v) is 2.70. The first-order chi connectivity index (χ1) is 12.4. The van der Waals surface area contributed by atoms with Gasteiger partial charge in [-0.15, -0.1) is 0 Å². The summed E-state index contributed by atoms with van der Waals surface area (Å²) in [6, 6.07) is 8.28. The number of benzene rings is 1. The van der Waals surface area contributed by atoms with Crippen molar-refractivity contribution in [3.05, 3.63) is 59.8 Å². The van der Waals surface area contributed by atoms with Crippen LogP contribution in [0.3, 0.4) is 0 Å². The first-order valence-electron chi connectivity index (χ1n) is 7.82. The number of carbonyl (C=O) groups is 1. The Hall–Kier alpha value is -3.03. The van der Waals surface area contributed by atoms with Crippen molar-refractivity contribution in [2.24, 2.45) is 0 Å². The number of hydrogen-bond donors (Lipinski definition) is 1. The third-order valence-corrected chi connectivity index (χ3v) is 4.00. The number of ether oxygens (including phenoxy) is 1. The highest BCUT2D eigenvalue weighted by atomic mass is 19.4. The van der Waals surface area contributed by atoms with Gasteiger partial charge in [0.25, 0.3) is 0 Å². The topological polar surface area (TPSA) is 62.7 Å². The lowest BCUT2D eigenvalue weighted by Crippen LogP contribution is -2.33. The third-order valence-electron chi connectivity index (χ3n) is 4.00. The minimum Gasteiger partial charge on any atom is -0.465 e. The van der Waals surface area contributed by atoms with Crippen LogP contribution in [0.5, 0.6) is 11.6 Å². The van der Waals surface area contributed by atoms with Gasteiger partial charge in [-0.1, -0.05) is 18.2 Å². The predicted molar refractivity (Wildman–Crippen MR) is 87.9 cm³/mol. The highest BCUT2D eigenvalue weighted by Crippen LogP contribution is 2.39. The first kappa shape index (κ1) is 17.8. The fourth-order valence-electron chi connectivity index (χ4n) is 2.70. The van der Waals surface area contributed by atoms with E-state index in [1.807, 2.05) is 0 Å². The van der Waals surface area contributed by atoms with E-state index in [4.69, 9.17) is 9.84 Å². The van der Waals surface area contributed by atoms with E-state index in [1.165, 1.54) is 29.3 Å². The molecule has 136 valence electrons. The summed E-state index contributed by atoms with van der Waals surface area (Å²) >= 11 is 0. The first-order valence-corrected chi connectivity index (χ1v) is 7.82. The van der Waals surface area contributed by atoms with E-state index in [1.54, 1.807) is 18.2 Å². The van der Waals surface area contributed by atoms with Gasteiger partial charge in [-0.05, 0) is 36.3 Å². The largest absolute Gasteiger partial charge is 0.465 e. The number of hydrogen-bond acceptors (Lipinski definition) is 3. The van der Waals surface area contributed by atoms with Crippen molar-refractivity contribution in [3.63, 3.8) is 0 Å². The number of amides is 1. The van der Waals surface area contributed by atoms with Gasteiger partial charge in [-0.3, -0.25) is 0 Å². The molecule has 5 nitrogen and oxygen atoms in total. The second-order valence-corrected chi connectivity index (χ2v) is 5.66. The smallest absolute Gasteiger partial charge is 0.419 e. The molecule has 8 heteroatoms. The molecule has 0 spiro atoms. The number of para-hydroxylation sites is 1. The normalized spacial score (nSPS) is 14.7. The van der Waals surface area contributed by atoms with Gasteiger partial charge in [0, 0.05) is 24.8 Å². The zero-order valence-corrected chi connectivity index (χ0v) is 13.5. The van der Waals surface area contributed by atoms with Crippen molar-refractivity contribution in [2.45, 2.75) is 12.6 Å². The number of halogens is 3. The zero-order valence-electron chi connectivity index (χ0n) is 13.5. The Morgan fingerprint density at radius 1 is 1.19 bits per heavy atom. The summed E-state index contributed by atoms with van der Waals surface area (Å²) in [6.07, 6.45) is -1.98. The lowest BCUT2D eigenvalue weighted by Gasteiger charge is -2.24. The zero-order chi connectivity index (χ0) is 18.7. The summed E-state index contributed by atoms with van der Waals surface area (Å²) in [7, 11) is 0. The third kappa shape index (κ3) is 3.79. The molecule has 0 aliphatic carbocycles. The molecule has 0 fully saturated rings. The average molecular weight is 364 g/mol. The number of rotatable bonds is 3. The van der Waals surface area contributed by atoms with E-state index in [0.29, 0.717) is 18.5 Å². The average Bonchev–Trinajstić information content (AvgIpc) is 2.62. The summed E-state index contributed by atoms with van der Waals surface area (Å²) in [5.41, 5.74) is 0.455. The van der Waals surface area contributed by atoms with Crippen LogP contribution in [0.2, 0.25) is 0 Å². The van der Waals surface area contributed by atoms with Gasteiger partial charge in [0.1, 0.15) is 5.75 Å². The molecule has 2 heterocycles. The van der Waals surface area contributed by atoms with Crippen molar-refractivity contribution in [2.75, 3.05) is 13.1 Å². The van der Waals surface area contributed by atoms with E-state index in [-0.39, 0.29) is 18.2 Å². The SMILES string of the molecule is O=C(O)N1CC=C(c2cccnc2Oc2ccccc2C(F)(F)F)CC1. The standard InChI is InChI=1S/C18H15F3N2O3/c19-18(20,21)14-5-1-2-6-15(14)26-16-13(4-3-9-22-16)12-7-10-23(11-8-12)17(24)25/h1-7,9H,8,10-11H2,(H,24,25). The van der Waals surface area contributed by atoms with Crippen molar-refractivity contribution in [1.82, 2.24) is 9.88 Å². The van der Waals surface area contributed by atoms with E-state index < -0.39 is 17.8 Å². The molecule has 1 aliphatic rings. The Kier molecular flexibility index (Phi) is 4.83. The van der Waals surface area contributed by atoms with Gasteiger partial charge < -0.3 is 14.7 Å². The van der Waals surface area contributed by atoms with Crippen LogP contribution in [0.1, 0.15) is 17.5 Å². The molecule has 0 unspecified atom stereocenters. The summed E-state index contributed by atoms with van der Waals surface area (Å²) in [6.45, 7) is 0.507. The molecule has 26 heavy (non-hydrogen) atoms. The van der Waals surface area contributed by atoms with E-state index in [2.05, 4.69) is 4.98 Å². The molecular weight excluding hydrogens is 349 g/mol. The number of nitrogens with zero attached hydrogens (tertiary/aromatic N) is 2. The van der Waals surface area contributed by atoms with Gasteiger partial charge in [-0.2, -0.15) is 13.2 Å². The van der Waals surface area contributed by atoms with E-state index in [0.717, 1.165) is 11.6 Å². The molecule has 0 radical (unpaired) electrons. The maximum absolute atomic E-state index is 13.2. The van der Waals surface area contributed by atoms with Gasteiger partial charge in [0.05, 0.1) is 5.56 Å². The highest BCUT2D eigenvalue weighted by Gasteiger charge is 2.34. The van der Waals surface area contributed by atoms with Crippen LogP contribution < -0.4 is 4.74 Å². The maximum Gasteiger partial charge on any atom is 0.419 e. The second kappa shape index (κ2) is 7.07. The van der Waals surface area contributed by atoms with Gasteiger partial charge in [-0.25, -0.2) is 9.78 Å². The molecular formula is C18H15F3N2O3. The van der Waals surface area contributed by atoms with Crippen molar-refractivity contribution >= 4 is 11.7 Å². The summed E-state index contributed by atoms with van der Waals surface area (Å²) in [4.78, 5) is 16.3. The quantitative estimate of drug-likeness (QED) is 0.860. The van der Waals surface area contributed by atoms with Crippen LogP contribution in [0.4, 0.5) is 18.0 Å². The lowest BCUT2D eigenvalue weighted by atomic mass is 10.0. The molecule has 0 saturated carbocycles. The molecule has 1 aliphatic heterocycles. The van der Waals surface area contributed by atoms with Crippen LogP contribution in [-0.2, 0) is 6.18 Å². The van der Waals surface area contributed by atoms with Crippen LogP contribution in [0.15, 0.2) is 48.7 Å². The number of pyridine rings is 1. The Morgan fingerprint density at radius 3 is 2.62 bits per heavy atom. The number of aromatic nitrogens is 1.